The van der Waals surface area contributed by atoms with Crippen molar-refractivity contribution >= 4 is 23.4 Å². The number of nitrogens with two attached hydrogens (primary N) is 1. The normalized spacial score (nSPS) is 17.2. The molecule has 3 rings (SSSR count). The number of alkyl halides is 6. The molecule has 0 bridgehead atoms. The summed E-state index contributed by atoms with van der Waals surface area (Å²) in [6, 6.07) is 11.9. The minimum atomic E-state index is -4.74. The summed E-state index contributed by atoms with van der Waals surface area (Å²) in [5.41, 5.74) is 7.17. The second-order valence-corrected chi connectivity index (χ2v) is 8.49. The van der Waals surface area contributed by atoms with Crippen LogP contribution in [-0.2, 0) is 14.4 Å². The lowest BCUT2D eigenvalue weighted by atomic mass is 9.83. The standard InChI is InChI=1S/C24H23F6N3O3/c25-23(26,27)11-9-16(20(31)34)17(10-12-24(28,29)30)21(35)33-19-15-7-2-1-5-13(15)14-6-3-4-8-18(14)32-22(19)36/h1-8,16-17,19H,9-12H2,(H2,31,34)(H,32,36)(H,33,35)/t16?,17?,19-/m0/s1. The van der Waals surface area contributed by atoms with Crippen molar-refractivity contribution < 1.29 is 40.7 Å². The summed E-state index contributed by atoms with van der Waals surface area (Å²) in [7, 11) is 0. The number of fused-ring (bicyclic) bond motifs is 3. The number of primary amides is 1. The van der Waals surface area contributed by atoms with Gasteiger partial charge in [0.25, 0.3) is 5.91 Å². The fourth-order valence-electron chi connectivity index (χ4n) is 4.25. The first-order valence-electron chi connectivity index (χ1n) is 11.0. The first-order chi connectivity index (χ1) is 16.8. The van der Waals surface area contributed by atoms with E-state index in [1.165, 1.54) is 0 Å². The molecule has 3 atom stereocenters. The van der Waals surface area contributed by atoms with Gasteiger partial charge in [0.15, 0.2) is 0 Å². The van der Waals surface area contributed by atoms with Gasteiger partial charge < -0.3 is 16.4 Å². The van der Waals surface area contributed by atoms with E-state index in [0.29, 0.717) is 22.4 Å². The molecule has 0 radical (unpaired) electrons. The summed E-state index contributed by atoms with van der Waals surface area (Å²) in [5.74, 6) is -6.88. The van der Waals surface area contributed by atoms with E-state index in [4.69, 9.17) is 5.73 Å². The highest BCUT2D eigenvalue weighted by Gasteiger charge is 2.41. The maximum Gasteiger partial charge on any atom is 0.389 e. The smallest absolute Gasteiger partial charge is 0.369 e. The van der Waals surface area contributed by atoms with E-state index in [0.717, 1.165) is 0 Å². The maximum atomic E-state index is 13.2. The lowest BCUT2D eigenvalue weighted by Gasteiger charge is -2.27. The predicted octanol–water partition coefficient (Wildman–Crippen LogP) is 4.87. The van der Waals surface area contributed by atoms with Gasteiger partial charge in [-0.15, -0.1) is 0 Å². The number of amides is 3. The second kappa shape index (κ2) is 10.6. The van der Waals surface area contributed by atoms with Crippen LogP contribution in [0.3, 0.4) is 0 Å². The van der Waals surface area contributed by atoms with Crippen molar-refractivity contribution in [2.24, 2.45) is 17.6 Å². The lowest BCUT2D eigenvalue weighted by Crippen LogP contribution is -2.45. The average Bonchev–Trinajstić information content (AvgIpc) is 2.89. The van der Waals surface area contributed by atoms with E-state index in [9.17, 15) is 40.7 Å². The minimum absolute atomic E-state index is 0.328. The molecule has 3 amide bonds. The van der Waals surface area contributed by atoms with Crippen LogP contribution in [0.1, 0.15) is 37.3 Å². The van der Waals surface area contributed by atoms with Gasteiger partial charge in [-0.1, -0.05) is 42.5 Å². The highest BCUT2D eigenvalue weighted by Crippen LogP contribution is 2.38. The van der Waals surface area contributed by atoms with Gasteiger partial charge in [-0.2, -0.15) is 26.3 Å². The molecule has 0 saturated carbocycles. The van der Waals surface area contributed by atoms with Crippen LogP contribution in [0, 0.1) is 11.8 Å². The number of hydrogen-bond donors (Lipinski definition) is 3. The zero-order valence-electron chi connectivity index (χ0n) is 18.7. The van der Waals surface area contributed by atoms with E-state index in [1.54, 1.807) is 48.5 Å². The van der Waals surface area contributed by atoms with Gasteiger partial charge in [-0.3, -0.25) is 14.4 Å². The van der Waals surface area contributed by atoms with Gasteiger partial charge in [-0.05, 0) is 30.0 Å². The van der Waals surface area contributed by atoms with Crippen molar-refractivity contribution in [1.82, 2.24) is 5.32 Å². The van der Waals surface area contributed by atoms with Gasteiger partial charge in [0.05, 0.1) is 0 Å². The van der Waals surface area contributed by atoms with E-state index in [2.05, 4.69) is 10.6 Å². The highest BCUT2D eigenvalue weighted by atomic mass is 19.4. The Labute approximate surface area is 202 Å². The third-order valence-electron chi connectivity index (χ3n) is 5.96. The van der Waals surface area contributed by atoms with Gasteiger partial charge >= 0.3 is 12.4 Å². The van der Waals surface area contributed by atoms with Gasteiger partial charge in [0.2, 0.25) is 11.8 Å². The third kappa shape index (κ3) is 6.76. The van der Waals surface area contributed by atoms with Crippen molar-refractivity contribution in [3.8, 4) is 11.1 Å². The molecular weight excluding hydrogens is 492 g/mol. The van der Waals surface area contributed by atoms with Crippen LogP contribution >= 0.6 is 0 Å². The van der Waals surface area contributed by atoms with Gasteiger partial charge in [0, 0.05) is 35.9 Å². The van der Waals surface area contributed by atoms with Crippen molar-refractivity contribution in [3.05, 3.63) is 54.1 Å². The first-order valence-corrected chi connectivity index (χ1v) is 11.0. The molecule has 6 nitrogen and oxygen atoms in total. The van der Waals surface area contributed by atoms with Crippen LogP contribution in [0.4, 0.5) is 32.0 Å². The molecule has 1 heterocycles. The van der Waals surface area contributed by atoms with Crippen LogP contribution in [-0.4, -0.2) is 30.1 Å². The average molecular weight is 515 g/mol. The number of anilines is 1. The molecular formula is C24H23F6N3O3. The molecule has 0 aromatic heterocycles. The fourth-order valence-corrected chi connectivity index (χ4v) is 4.25. The van der Waals surface area contributed by atoms with Crippen LogP contribution in [0.15, 0.2) is 48.5 Å². The molecule has 194 valence electrons. The topological polar surface area (TPSA) is 101 Å². The number of benzene rings is 2. The number of carbonyl (C=O) groups excluding carboxylic acids is 3. The van der Waals surface area contributed by atoms with Crippen LogP contribution in [0.2, 0.25) is 0 Å². The Morgan fingerprint density at radius 3 is 1.97 bits per heavy atom. The van der Waals surface area contributed by atoms with E-state index in [-0.39, 0.29) is 0 Å². The molecule has 1 aliphatic rings. The molecule has 4 N–H and O–H groups in total. The van der Waals surface area contributed by atoms with E-state index < -0.39 is 73.6 Å². The van der Waals surface area contributed by atoms with Crippen LogP contribution < -0.4 is 16.4 Å². The predicted molar refractivity (Wildman–Crippen MR) is 118 cm³/mol. The number of para-hydroxylation sites is 1. The van der Waals surface area contributed by atoms with Gasteiger partial charge in [0.1, 0.15) is 6.04 Å². The minimum Gasteiger partial charge on any atom is -0.369 e. The Balaban J connectivity index is 1.95. The largest absolute Gasteiger partial charge is 0.389 e. The first kappa shape index (κ1) is 27.0. The molecule has 2 unspecified atom stereocenters. The van der Waals surface area contributed by atoms with Crippen molar-refractivity contribution in [2.45, 2.75) is 44.1 Å². The SMILES string of the molecule is NC(=O)C(CCC(F)(F)F)C(CCC(F)(F)F)C(=O)N[C@@H]1C(=O)Nc2ccccc2-c2ccccc21. The zero-order valence-corrected chi connectivity index (χ0v) is 18.7. The molecule has 0 fully saturated rings. The number of halogens is 6. The molecule has 2 aromatic rings. The Hall–Kier alpha value is -3.57. The molecule has 0 spiro atoms. The zero-order chi connectivity index (χ0) is 26.7. The van der Waals surface area contributed by atoms with Crippen molar-refractivity contribution in [2.75, 3.05) is 5.32 Å². The molecule has 0 saturated heterocycles. The molecule has 12 heteroatoms. The van der Waals surface area contributed by atoms with E-state index in [1.807, 2.05) is 0 Å². The molecule has 0 aliphatic carbocycles. The highest BCUT2D eigenvalue weighted by molar-refractivity contribution is 6.04. The molecule has 1 aliphatic heterocycles. The Bertz CT molecular complexity index is 1130. The number of hydrogen-bond acceptors (Lipinski definition) is 3. The lowest BCUT2D eigenvalue weighted by molar-refractivity contribution is -0.152. The summed E-state index contributed by atoms with van der Waals surface area (Å²) in [4.78, 5) is 38.2. The Kier molecular flexibility index (Phi) is 7.95. The monoisotopic (exact) mass is 515 g/mol. The third-order valence-corrected chi connectivity index (χ3v) is 5.96. The summed E-state index contributed by atoms with van der Waals surface area (Å²) in [6.07, 6.45) is -14.4. The maximum absolute atomic E-state index is 13.2. The van der Waals surface area contributed by atoms with Crippen molar-refractivity contribution in [3.63, 3.8) is 0 Å². The van der Waals surface area contributed by atoms with Crippen LogP contribution in [0.25, 0.3) is 11.1 Å². The van der Waals surface area contributed by atoms with E-state index >= 15 is 0 Å². The quantitative estimate of drug-likeness (QED) is 0.438. The number of carbonyl (C=O) groups is 3. The fraction of sp³-hybridized carbons (Fsp3) is 0.375. The number of rotatable bonds is 8. The summed E-state index contributed by atoms with van der Waals surface area (Å²) >= 11 is 0. The summed E-state index contributed by atoms with van der Waals surface area (Å²) in [6.45, 7) is 0. The molecule has 2 aromatic carbocycles. The van der Waals surface area contributed by atoms with Crippen LogP contribution in [0.5, 0.6) is 0 Å². The molecule has 36 heavy (non-hydrogen) atoms. The Morgan fingerprint density at radius 1 is 0.861 bits per heavy atom. The number of nitrogens with one attached hydrogen (secondary N) is 2. The van der Waals surface area contributed by atoms with Crippen molar-refractivity contribution in [1.29, 1.82) is 0 Å². The Morgan fingerprint density at radius 2 is 1.39 bits per heavy atom. The summed E-state index contributed by atoms with van der Waals surface area (Å²) in [5, 5.41) is 5.00. The summed E-state index contributed by atoms with van der Waals surface area (Å²) < 4.78 is 77.2. The second-order valence-electron chi connectivity index (χ2n) is 8.49. The van der Waals surface area contributed by atoms with Gasteiger partial charge in [-0.25, -0.2) is 0 Å².